The minimum absolute atomic E-state index is 0.120. The average Bonchev–Trinajstić information content (AvgIpc) is 2.98. The Bertz CT molecular complexity index is 285. The molecule has 0 aromatic rings. The highest BCUT2D eigenvalue weighted by atomic mass is 16.5. The van der Waals surface area contributed by atoms with Crippen molar-refractivity contribution in [3.8, 4) is 0 Å². The van der Waals surface area contributed by atoms with Crippen LogP contribution in [-0.2, 0) is 9.47 Å². The molecule has 104 valence electrons. The van der Waals surface area contributed by atoms with Gasteiger partial charge in [-0.15, -0.1) is 0 Å². The first-order valence-electron chi connectivity index (χ1n) is 7.62. The third kappa shape index (κ3) is 2.45. The highest BCUT2D eigenvalue weighted by Crippen LogP contribution is 2.44. The molecule has 2 saturated heterocycles. The van der Waals surface area contributed by atoms with Gasteiger partial charge in [-0.3, -0.25) is 0 Å². The number of aliphatic hydroxyl groups excluding tert-OH is 1. The fraction of sp³-hybridized carbons (Fsp3) is 1.00. The highest BCUT2D eigenvalue weighted by Gasteiger charge is 2.44. The molecule has 1 aliphatic carbocycles. The first-order chi connectivity index (χ1) is 8.69. The van der Waals surface area contributed by atoms with Crippen LogP contribution in [0.25, 0.3) is 0 Å². The maximum absolute atomic E-state index is 10.6. The predicted octanol–water partition coefficient (Wildman–Crippen LogP) is 2.51. The molecule has 0 amide bonds. The Hall–Kier alpha value is -0.120. The number of hydrogen-bond donors (Lipinski definition) is 1. The van der Waals surface area contributed by atoms with E-state index in [1.54, 1.807) is 0 Å². The maximum Gasteiger partial charge on any atom is 0.0686 e. The molecule has 2 aliphatic heterocycles. The maximum atomic E-state index is 10.6. The zero-order chi connectivity index (χ0) is 12.6. The minimum Gasteiger partial charge on any atom is -0.392 e. The van der Waals surface area contributed by atoms with Crippen LogP contribution in [0, 0.1) is 11.8 Å². The second kappa shape index (κ2) is 5.10. The van der Waals surface area contributed by atoms with Gasteiger partial charge >= 0.3 is 0 Å². The van der Waals surface area contributed by atoms with Crippen LogP contribution >= 0.6 is 0 Å². The summed E-state index contributed by atoms with van der Waals surface area (Å²) < 4.78 is 11.7. The van der Waals surface area contributed by atoms with Crippen LogP contribution in [0.15, 0.2) is 0 Å². The Morgan fingerprint density at radius 3 is 2.67 bits per heavy atom. The molecule has 1 saturated carbocycles. The van der Waals surface area contributed by atoms with Crippen molar-refractivity contribution in [3.05, 3.63) is 0 Å². The summed E-state index contributed by atoms with van der Waals surface area (Å²) in [5.41, 5.74) is 0.120. The molecule has 0 aromatic heterocycles. The molecule has 3 rings (SSSR count). The third-order valence-electron chi connectivity index (χ3n) is 5.24. The molecule has 18 heavy (non-hydrogen) atoms. The van der Waals surface area contributed by atoms with Crippen LogP contribution in [0.4, 0.5) is 0 Å². The van der Waals surface area contributed by atoms with E-state index < -0.39 is 0 Å². The van der Waals surface area contributed by atoms with Crippen molar-refractivity contribution in [1.29, 1.82) is 0 Å². The largest absolute Gasteiger partial charge is 0.392 e. The predicted molar refractivity (Wildman–Crippen MR) is 69.4 cm³/mol. The SMILES string of the molecule is CC1CC(C(O)C2CCOC3(CCCC3)C2)CO1. The van der Waals surface area contributed by atoms with E-state index >= 15 is 0 Å². The topological polar surface area (TPSA) is 38.7 Å². The van der Waals surface area contributed by atoms with Crippen molar-refractivity contribution < 1.29 is 14.6 Å². The van der Waals surface area contributed by atoms with E-state index in [0.29, 0.717) is 17.9 Å². The molecule has 3 heteroatoms. The molecule has 0 bridgehead atoms. The molecule has 1 spiro atoms. The summed E-state index contributed by atoms with van der Waals surface area (Å²) in [6.45, 7) is 3.69. The molecule has 1 N–H and O–H groups in total. The summed E-state index contributed by atoms with van der Waals surface area (Å²) in [6.07, 6.45) is 8.25. The van der Waals surface area contributed by atoms with Gasteiger partial charge in [0.05, 0.1) is 24.4 Å². The van der Waals surface area contributed by atoms with Crippen LogP contribution in [-0.4, -0.2) is 36.1 Å². The van der Waals surface area contributed by atoms with E-state index in [4.69, 9.17) is 9.47 Å². The smallest absolute Gasteiger partial charge is 0.0686 e. The van der Waals surface area contributed by atoms with Gasteiger partial charge in [0.2, 0.25) is 0 Å². The number of rotatable bonds is 2. The summed E-state index contributed by atoms with van der Waals surface area (Å²) in [7, 11) is 0. The lowest BCUT2D eigenvalue weighted by atomic mass is 9.77. The normalized spacial score (nSPS) is 41.3. The molecule has 4 unspecified atom stereocenters. The highest BCUT2D eigenvalue weighted by molar-refractivity contribution is 4.94. The molecule has 3 aliphatic rings. The van der Waals surface area contributed by atoms with Gasteiger partial charge in [0.1, 0.15) is 0 Å². The monoisotopic (exact) mass is 254 g/mol. The number of aliphatic hydroxyl groups is 1. The van der Waals surface area contributed by atoms with Crippen molar-refractivity contribution in [1.82, 2.24) is 0 Å². The fourth-order valence-electron chi connectivity index (χ4n) is 4.20. The Labute approximate surface area is 110 Å². The van der Waals surface area contributed by atoms with Crippen molar-refractivity contribution >= 4 is 0 Å². The van der Waals surface area contributed by atoms with Crippen molar-refractivity contribution in [2.75, 3.05) is 13.2 Å². The molecular weight excluding hydrogens is 228 g/mol. The summed E-state index contributed by atoms with van der Waals surface area (Å²) in [5.74, 6) is 0.775. The summed E-state index contributed by atoms with van der Waals surface area (Å²) in [6, 6.07) is 0. The van der Waals surface area contributed by atoms with Gasteiger partial charge in [0, 0.05) is 12.5 Å². The van der Waals surface area contributed by atoms with Gasteiger partial charge in [-0.25, -0.2) is 0 Å². The van der Waals surface area contributed by atoms with Crippen LogP contribution in [0.1, 0.15) is 51.9 Å². The van der Waals surface area contributed by atoms with Crippen molar-refractivity contribution in [2.45, 2.75) is 69.7 Å². The minimum atomic E-state index is -0.184. The quantitative estimate of drug-likeness (QED) is 0.823. The second-order valence-electron chi connectivity index (χ2n) is 6.62. The van der Waals surface area contributed by atoms with Crippen LogP contribution in [0.2, 0.25) is 0 Å². The lowest BCUT2D eigenvalue weighted by Crippen LogP contribution is -2.43. The van der Waals surface area contributed by atoms with Gasteiger partial charge in [-0.1, -0.05) is 12.8 Å². The van der Waals surface area contributed by atoms with Gasteiger partial charge < -0.3 is 14.6 Å². The van der Waals surface area contributed by atoms with E-state index in [1.807, 2.05) is 0 Å². The Balaban J connectivity index is 1.61. The molecular formula is C15H26O3. The Morgan fingerprint density at radius 1 is 1.22 bits per heavy atom. The molecule has 2 heterocycles. The summed E-state index contributed by atoms with van der Waals surface area (Å²) in [5, 5.41) is 10.6. The van der Waals surface area contributed by atoms with Crippen LogP contribution in [0.5, 0.6) is 0 Å². The lowest BCUT2D eigenvalue weighted by molar-refractivity contribution is -0.119. The van der Waals surface area contributed by atoms with E-state index in [2.05, 4.69) is 6.92 Å². The van der Waals surface area contributed by atoms with Crippen LogP contribution in [0.3, 0.4) is 0 Å². The third-order valence-corrected chi connectivity index (χ3v) is 5.24. The Kier molecular flexibility index (Phi) is 3.65. The van der Waals surface area contributed by atoms with E-state index in [9.17, 15) is 5.11 Å². The van der Waals surface area contributed by atoms with Gasteiger partial charge in [0.25, 0.3) is 0 Å². The first kappa shape index (κ1) is 12.9. The van der Waals surface area contributed by atoms with Crippen molar-refractivity contribution in [2.24, 2.45) is 11.8 Å². The zero-order valence-corrected chi connectivity index (χ0v) is 11.4. The molecule has 3 nitrogen and oxygen atoms in total. The zero-order valence-electron chi connectivity index (χ0n) is 11.4. The molecule has 0 radical (unpaired) electrons. The van der Waals surface area contributed by atoms with Crippen molar-refractivity contribution in [3.63, 3.8) is 0 Å². The molecule has 3 fully saturated rings. The standard InChI is InChI=1S/C15H26O3/c1-11-8-13(10-17-11)14(16)12-4-7-18-15(9-12)5-2-3-6-15/h11-14,16H,2-10H2,1H3. The van der Waals surface area contributed by atoms with Gasteiger partial charge in [-0.05, 0) is 44.9 Å². The second-order valence-corrected chi connectivity index (χ2v) is 6.62. The lowest BCUT2D eigenvalue weighted by Gasteiger charge is -2.41. The Morgan fingerprint density at radius 2 is 2.00 bits per heavy atom. The number of ether oxygens (including phenoxy) is 2. The van der Waals surface area contributed by atoms with Gasteiger partial charge in [0.15, 0.2) is 0 Å². The molecule has 4 atom stereocenters. The first-order valence-corrected chi connectivity index (χ1v) is 7.62. The van der Waals surface area contributed by atoms with E-state index in [-0.39, 0.29) is 11.7 Å². The van der Waals surface area contributed by atoms with E-state index in [1.165, 1.54) is 25.7 Å². The fourth-order valence-corrected chi connectivity index (χ4v) is 4.20. The summed E-state index contributed by atoms with van der Waals surface area (Å²) >= 11 is 0. The molecule has 0 aromatic carbocycles. The van der Waals surface area contributed by atoms with Crippen LogP contribution < -0.4 is 0 Å². The summed E-state index contributed by atoms with van der Waals surface area (Å²) in [4.78, 5) is 0. The number of hydrogen-bond acceptors (Lipinski definition) is 3. The van der Waals surface area contributed by atoms with Gasteiger partial charge in [-0.2, -0.15) is 0 Å². The average molecular weight is 254 g/mol. The van der Waals surface area contributed by atoms with E-state index in [0.717, 1.165) is 32.5 Å².